The fourth-order valence-electron chi connectivity index (χ4n) is 4.79. The average molecular weight is 557 g/mol. The molecule has 11 heteroatoms. The molecule has 210 valence electrons. The number of hydrogen-bond donors (Lipinski definition) is 2. The Morgan fingerprint density at radius 3 is 2.34 bits per heavy atom. The highest BCUT2D eigenvalue weighted by molar-refractivity contribution is 5.95. The number of benzene rings is 3. The van der Waals surface area contributed by atoms with Gasteiger partial charge in [-0.25, -0.2) is 4.98 Å². The molecule has 1 amide bonds. The van der Waals surface area contributed by atoms with E-state index < -0.39 is 6.04 Å². The van der Waals surface area contributed by atoms with Gasteiger partial charge in [-0.3, -0.25) is 9.89 Å². The van der Waals surface area contributed by atoms with Crippen molar-refractivity contribution in [2.45, 2.75) is 19.1 Å². The third kappa shape index (κ3) is 5.27. The Morgan fingerprint density at radius 2 is 1.66 bits per heavy atom. The highest BCUT2D eigenvalue weighted by atomic mass is 16.7. The van der Waals surface area contributed by atoms with Crippen molar-refractivity contribution in [3.63, 3.8) is 0 Å². The van der Waals surface area contributed by atoms with Gasteiger partial charge in [-0.1, -0.05) is 12.1 Å². The van der Waals surface area contributed by atoms with E-state index in [0.717, 1.165) is 16.5 Å². The second-order valence-corrected chi connectivity index (χ2v) is 9.36. The Morgan fingerprint density at radius 1 is 0.976 bits per heavy atom. The van der Waals surface area contributed by atoms with E-state index >= 15 is 0 Å². The number of aromatic nitrogens is 3. The van der Waals surface area contributed by atoms with Crippen LogP contribution in [0.25, 0.3) is 22.3 Å². The lowest BCUT2D eigenvalue weighted by molar-refractivity contribution is -0.121. The maximum Gasteiger partial charge on any atom is 0.231 e. The van der Waals surface area contributed by atoms with Gasteiger partial charge in [0.05, 0.1) is 20.6 Å². The number of carbonyl (C=O) groups is 1. The van der Waals surface area contributed by atoms with Gasteiger partial charge in [-0.15, -0.1) is 0 Å². The van der Waals surface area contributed by atoms with Gasteiger partial charge in [-0.05, 0) is 48.0 Å². The molecule has 1 aliphatic rings. The van der Waals surface area contributed by atoms with Crippen molar-refractivity contribution in [3.8, 4) is 34.3 Å². The van der Waals surface area contributed by atoms with Crippen molar-refractivity contribution < 1.29 is 32.9 Å². The lowest BCUT2D eigenvalue weighted by atomic mass is 10.0. The Bertz CT molecular complexity index is 1680. The molecule has 3 aromatic carbocycles. The zero-order valence-corrected chi connectivity index (χ0v) is 22.7. The summed E-state index contributed by atoms with van der Waals surface area (Å²) in [6.45, 7) is 0.396. The second-order valence-electron chi connectivity index (χ2n) is 9.36. The molecule has 2 aromatic heterocycles. The van der Waals surface area contributed by atoms with Crippen molar-refractivity contribution >= 4 is 16.9 Å². The minimum atomic E-state index is -0.626. The first-order valence-electron chi connectivity index (χ1n) is 12.9. The topological polar surface area (TPSA) is 130 Å². The Balaban J connectivity index is 1.36. The molecular formula is C30H28N4O7. The smallest absolute Gasteiger partial charge is 0.231 e. The molecule has 0 spiro atoms. The van der Waals surface area contributed by atoms with Gasteiger partial charge in [0.15, 0.2) is 23.1 Å². The number of hydrogen-bond acceptors (Lipinski definition) is 9. The van der Waals surface area contributed by atoms with Crippen LogP contribution in [0.1, 0.15) is 28.8 Å². The number of nitrogens with zero attached hydrogens (tertiary/aromatic N) is 2. The van der Waals surface area contributed by atoms with E-state index in [1.807, 2.05) is 54.6 Å². The number of amides is 1. The first-order chi connectivity index (χ1) is 20.1. The monoisotopic (exact) mass is 556 g/mol. The molecule has 1 aliphatic heterocycles. The van der Waals surface area contributed by atoms with E-state index in [1.165, 1.54) is 0 Å². The predicted molar refractivity (Wildman–Crippen MR) is 148 cm³/mol. The molecule has 5 aromatic rings. The Kier molecular flexibility index (Phi) is 7.17. The highest BCUT2D eigenvalue weighted by Crippen LogP contribution is 2.42. The summed E-state index contributed by atoms with van der Waals surface area (Å²) in [7, 11) is 4.79. The van der Waals surface area contributed by atoms with Gasteiger partial charge >= 0.3 is 0 Å². The number of furan rings is 1. The molecular weight excluding hydrogens is 528 g/mol. The molecule has 0 saturated heterocycles. The number of nitrogens with one attached hydrogen (secondary N) is 2. The molecule has 11 nitrogen and oxygen atoms in total. The first-order valence-corrected chi connectivity index (χ1v) is 12.9. The molecule has 3 heterocycles. The number of carbonyl (C=O) groups excluding carboxylic acids is 1. The van der Waals surface area contributed by atoms with Crippen LogP contribution in [0.15, 0.2) is 65.1 Å². The average Bonchev–Trinajstić information content (AvgIpc) is 3.74. The maximum absolute atomic E-state index is 13.7. The fourth-order valence-corrected chi connectivity index (χ4v) is 4.79. The third-order valence-corrected chi connectivity index (χ3v) is 6.82. The first kappa shape index (κ1) is 26.2. The van der Waals surface area contributed by atoms with Crippen molar-refractivity contribution in [1.82, 2.24) is 20.5 Å². The lowest BCUT2D eigenvalue weighted by Gasteiger charge is -2.17. The third-order valence-electron chi connectivity index (χ3n) is 6.82. The quantitative estimate of drug-likeness (QED) is 0.254. The molecule has 6 rings (SSSR count). The second kappa shape index (κ2) is 11.2. The molecule has 2 N–H and O–H groups in total. The summed E-state index contributed by atoms with van der Waals surface area (Å²) >= 11 is 0. The van der Waals surface area contributed by atoms with Gasteiger partial charge in [0.25, 0.3) is 0 Å². The van der Waals surface area contributed by atoms with Gasteiger partial charge in [0.2, 0.25) is 12.7 Å². The lowest BCUT2D eigenvalue weighted by Crippen LogP contribution is -2.31. The summed E-state index contributed by atoms with van der Waals surface area (Å²) in [6, 6.07) is 17.9. The number of aromatic amines is 1. The summed E-state index contributed by atoms with van der Waals surface area (Å²) in [5.74, 6) is 3.89. The molecule has 41 heavy (non-hydrogen) atoms. The molecule has 0 fully saturated rings. The van der Waals surface area contributed by atoms with Crippen LogP contribution < -0.4 is 24.3 Å². The van der Waals surface area contributed by atoms with Gasteiger partial charge < -0.3 is 33.4 Å². The van der Waals surface area contributed by atoms with Crippen molar-refractivity contribution in [1.29, 1.82) is 0 Å². The molecule has 1 unspecified atom stereocenters. The summed E-state index contributed by atoms with van der Waals surface area (Å²) < 4.78 is 33.3. The molecule has 0 aliphatic carbocycles. The number of methoxy groups -OCH3 is 3. The Labute approximate surface area is 235 Å². The fraction of sp³-hybridized carbons (Fsp3) is 0.233. The van der Waals surface area contributed by atoms with E-state index in [2.05, 4.69) is 20.5 Å². The standard InChI is InChI=1S/C30H28N4O7/c1-36-15-26-31-30(34-33-26)28(17-4-8-19(37-2)9-5-17)32-27(35)13-22-21-12-24-25(40-16-39-24)14-23(21)41-29(22)18-6-10-20(38-3)11-7-18/h4-12,14,28H,13,15-16H2,1-3H3,(H,32,35)(H,31,33,34). The molecule has 0 saturated carbocycles. The molecule has 1 atom stereocenters. The van der Waals surface area contributed by atoms with Gasteiger partial charge in [0.1, 0.15) is 35.5 Å². The van der Waals surface area contributed by atoms with Crippen LogP contribution in [0.4, 0.5) is 0 Å². The van der Waals surface area contributed by atoms with E-state index in [1.54, 1.807) is 27.4 Å². The minimum Gasteiger partial charge on any atom is -0.497 e. The van der Waals surface area contributed by atoms with Crippen LogP contribution in [0, 0.1) is 0 Å². The summed E-state index contributed by atoms with van der Waals surface area (Å²) in [6.07, 6.45) is 0.0238. The zero-order chi connectivity index (χ0) is 28.3. The van der Waals surface area contributed by atoms with Crippen molar-refractivity contribution in [2.24, 2.45) is 0 Å². The predicted octanol–water partition coefficient (Wildman–Crippen LogP) is 4.56. The van der Waals surface area contributed by atoms with Crippen molar-refractivity contribution in [3.05, 3.63) is 83.4 Å². The number of rotatable bonds is 10. The summed E-state index contributed by atoms with van der Waals surface area (Å²) in [4.78, 5) is 18.3. The zero-order valence-electron chi connectivity index (χ0n) is 22.7. The molecule has 0 bridgehead atoms. The largest absolute Gasteiger partial charge is 0.497 e. The van der Waals surface area contributed by atoms with E-state index in [0.29, 0.717) is 51.6 Å². The van der Waals surface area contributed by atoms with Crippen LogP contribution in [0.3, 0.4) is 0 Å². The Hall–Kier alpha value is -5.03. The van der Waals surface area contributed by atoms with Crippen LogP contribution >= 0.6 is 0 Å². The number of H-pyrrole nitrogens is 1. The van der Waals surface area contributed by atoms with Crippen LogP contribution in [-0.4, -0.2) is 49.2 Å². The van der Waals surface area contributed by atoms with Crippen molar-refractivity contribution in [2.75, 3.05) is 28.1 Å². The maximum atomic E-state index is 13.7. The van der Waals surface area contributed by atoms with Gasteiger partial charge in [-0.2, -0.15) is 5.10 Å². The van der Waals surface area contributed by atoms with E-state index in [-0.39, 0.29) is 25.7 Å². The molecule has 0 radical (unpaired) electrons. The highest BCUT2D eigenvalue weighted by Gasteiger charge is 2.26. The van der Waals surface area contributed by atoms with Crippen LogP contribution in [-0.2, 0) is 22.6 Å². The minimum absolute atomic E-state index is 0.0238. The van der Waals surface area contributed by atoms with E-state index in [9.17, 15) is 4.79 Å². The van der Waals surface area contributed by atoms with E-state index in [4.69, 9.17) is 28.1 Å². The van der Waals surface area contributed by atoms with Gasteiger partial charge in [0, 0.05) is 29.7 Å². The SMILES string of the molecule is COCc1nc(C(NC(=O)Cc2c(-c3ccc(OC)cc3)oc3cc4c(cc23)OCO4)c2ccc(OC)cc2)n[nH]1. The summed E-state index contributed by atoms with van der Waals surface area (Å²) in [5, 5.41) is 11.1. The number of fused-ring (bicyclic) bond motifs is 2. The normalized spacial score (nSPS) is 12.9. The van der Waals surface area contributed by atoms with Crippen LogP contribution in [0.2, 0.25) is 0 Å². The summed E-state index contributed by atoms with van der Waals surface area (Å²) in [5.41, 5.74) is 2.90. The van der Waals surface area contributed by atoms with Crippen LogP contribution in [0.5, 0.6) is 23.0 Å². The number of ether oxygens (including phenoxy) is 5.